The highest BCUT2D eigenvalue weighted by molar-refractivity contribution is 7.14. The Morgan fingerprint density at radius 1 is 1.24 bits per heavy atom. The number of carbonyl (C=O) groups is 2. The highest BCUT2D eigenvalue weighted by atomic mass is 35.5. The summed E-state index contributed by atoms with van der Waals surface area (Å²) in [6.45, 7) is 3.98. The quantitative estimate of drug-likeness (QED) is 0.417. The highest BCUT2D eigenvalue weighted by Gasteiger charge is 2.57. The van der Waals surface area contributed by atoms with Gasteiger partial charge in [0.15, 0.2) is 0 Å². The molecule has 0 aliphatic heterocycles. The van der Waals surface area contributed by atoms with E-state index < -0.39 is 6.04 Å². The maximum Gasteiger partial charge on any atom is 0.262 e. The van der Waals surface area contributed by atoms with Gasteiger partial charge in [-0.05, 0) is 69.6 Å². The predicted octanol–water partition coefficient (Wildman–Crippen LogP) is 5.63. The number of aromatic nitrogens is 1. The number of hydrogen-bond donors (Lipinski definition) is 3. The fourth-order valence-corrected chi connectivity index (χ4v) is 6.76. The lowest BCUT2D eigenvalue weighted by atomic mass is 9.50. The van der Waals surface area contributed by atoms with Gasteiger partial charge in [0.1, 0.15) is 6.04 Å². The molecule has 4 aliphatic rings. The van der Waals surface area contributed by atoms with E-state index >= 15 is 0 Å². The molecular weight excluding hydrogens is 468 g/mol. The summed E-state index contributed by atoms with van der Waals surface area (Å²) in [5, 5.41) is 10.4. The van der Waals surface area contributed by atoms with E-state index in [2.05, 4.69) is 20.9 Å². The minimum absolute atomic E-state index is 0.00542. The lowest BCUT2D eigenvalue weighted by molar-refractivity contribution is -0.135. The van der Waals surface area contributed by atoms with Crippen LogP contribution in [0, 0.1) is 18.8 Å². The number of anilines is 1. The predicted molar refractivity (Wildman–Crippen MR) is 136 cm³/mol. The first kappa shape index (κ1) is 23.6. The molecule has 8 heteroatoms. The second-order valence-corrected chi connectivity index (χ2v) is 12.1. The van der Waals surface area contributed by atoms with Crippen molar-refractivity contribution in [2.24, 2.45) is 11.8 Å². The van der Waals surface area contributed by atoms with Crippen LogP contribution in [0.25, 0.3) is 0 Å². The van der Waals surface area contributed by atoms with Crippen molar-refractivity contribution >= 4 is 40.4 Å². The van der Waals surface area contributed by atoms with Crippen molar-refractivity contribution in [3.05, 3.63) is 44.9 Å². The summed E-state index contributed by atoms with van der Waals surface area (Å²) < 4.78 is 0. The van der Waals surface area contributed by atoms with Crippen LogP contribution in [0.1, 0.15) is 84.6 Å². The Morgan fingerprint density at radius 2 is 1.97 bits per heavy atom. The minimum Gasteiger partial charge on any atom is -0.376 e. The van der Waals surface area contributed by atoms with Crippen LogP contribution in [0.4, 0.5) is 5.69 Å². The Hall–Kier alpha value is -2.12. The van der Waals surface area contributed by atoms with Gasteiger partial charge in [-0.25, -0.2) is 0 Å². The number of carbonyl (C=O) groups excluding carboxylic acids is 2. The zero-order chi connectivity index (χ0) is 23.9. The van der Waals surface area contributed by atoms with Gasteiger partial charge in [-0.3, -0.25) is 14.6 Å². The number of nitrogens with one attached hydrogen (secondary N) is 3. The smallest absolute Gasteiger partial charge is 0.262 e. The molecule has 6 rings (SSSR count). The number of aryl methyl sites for hydroxylation is 1. The number of rotatable bonds is 9. The van der Waals surface area contributed by atoms with Crippen LogP contribution < -0.4 is 16.0 Å². The monoisotopic (exact) mass is 500 g/mol. The van der Waals surface area contributed by atoms with Crippen LogP contribution in [-0.2, 0) is 4.79 Å². The molecule has 4 saturated carbocycles. The Bertz CT molecular complexity index is 1060. The minimum atomic E-state index is -0.467. The normalized spacial score (nSPS) is 25.1. The van der Waals surface area contributed by atoms with E-state index in [4.69, 9.17) is 11.6 Å². The van der Waals surface area contributed by atoms with Crippen LogP contribution in [-0.4, -0.2) is 28.4 Å². The van der Waals surface area contributed by atoms with Crippen LogP contribution in [0.5, 0.6) is 0 Å². The molecular formula is C26H33ClN4O2S. The molecule has 0 spiro atoms. The summed E-state index contributed by atoms with van der Waals surface area (Å²) in [4.78, 5) is 32.3. The van der Waals surface area contributed by atoms with Gasteiger partial charge in [-0.15, -0.1) is 11.3 Å². The molecule has 2 aromatic heterocycles. The molecule has 182 valence electrons. The highest BCUT2D eigenvalue weighted by Crippen LogP contribution is 2.57. The van der Waals surface area contributed by atoms with Crippen LogP contribution in [0.15, 0.2) is 24.4 Å². The van der Waals surface area contributed by atoms with Gasteiger partial charge in [-0.1, -0.05) is 37.3 Å². The van der Waals surface area contributed by atoms with Crippen molar-refractivity contribution in [3.63, 3.8) is 0 Å². The maximum absolute atomic E-state index is 13.2. The number of thiophene rings is 1. The number of pyridine rings is 1. The number of nitrogens with zero attached hydrogens (tertiary/aromatic N) is 1. The van der Waals surface area contributed by atoms with E-state index in [-0.39, 0.29) is 23.4 Å². The lowest BCUT2D eigenvalue weighted by Crippen LogP contribution is -2.70. The number of hydrogen-bond acceptors (Lipinski definition) is 5. The van der Waals surface area contributed by atoms with E-state index in [9.17, 15) is 9.59 Å². The van der Waals surface area contributed by atoms with Crippen molar-refractivity contribution in [1.82, 2.24) is 15.6 Å². The molecule has 34 heavy (non-hydrogen) atoms. The van der Waals surface area contributed by atoms with Gasteiger partial charge in [0.2, 0.25) is 5.91 Å². The third-order valence-electron chi connectivity index (χ3n) is 7.80. The van der Waals surface area contributed by atoms with E-state index in [1.54, 1.807) is 6.20 Å². The second kappa shape index (κ2) is 9.50. The van der Waals surface area contributed by atoms with E-state index in [1.165, 1.54) is 24.2 Å². The molecule has 0 aromatic carbocycles. The molecule has 2 atom stereocenters. The molecule has 2 aromatic rings. The zero-order valence-corrected chi connectivity index (χ0v) is 21.4. The fourth-order valence-electron chi connectivity index (χ4n) is 5.69. The molecule has 3 N–H and O–H groups in total. The van der Waals surface area contributed by atoms with Gasteiger partial charge < -0.3 is 16.0 Å². The standard InChI is InChI=1S/C26H33ClN4O2S/c1-15-20(10-19(27)14-28-15)29-16(2)22-7-8-23(34-22)25(33)30-21(9-17-5-3-4-6-17)24(32)31-26-11-18(12-26)13-26/h7-8,10,14,16-18,21,29H,3-6,9,11-13H2,1-2H3,(H,30,33)(H,31,32)/t16-,18?,21+,26?/m1/s1. The summed E-state index contributed by atoms with van der Waals surface area (Å²) in [5.74, 6) is 1.14. The molecule has 2 bridgehead atoms. The molecule has 0 unspecified atom stereocenters. The van der Waals surface area contributed by atoms with Gasteiger partial charge in [0, 0.05) is 16.6 Å². The molecule has 2 amide bonds. The van der Waals surface area contributed by atoms with Crippen molar-refractivity contribution in [3.8, 4) is 0 Å². The Labute approximate surface area is 210 Å². The van der Waals surface area contributed by atoms with Gasteiger partial charge in [-0.2, -0.15) is 0 Å². The fraction of sp³-hybridized carbons (Fsp3) is 0.577. The number of halogens is 1. The largest absolute Gasteiger partial charge is 0.376 e. The van der Waals surface area contributed by atoms with Crippen molar-refractivity contribution in [1.29, 1.82) is 0 Å². The molecule has 0 radical (unpaired) electrons. The van der Waals surface area contributed by atoms with Gasteiger partial charge >= 0.3 is 0 Å². The Balaban J connectivity index is 1.23. The van der Waals surface area contributed by atoms with Gasteiger partial charge in [0.05, 0.1) is 27.3 Å². The first-order valence-electron chi connectivity index (χ1n) is 12.4. The summed E-state index contributed by atoms with van der Waals surface area (Å²) in [6, 6.07) is 5.21. The Morgan fingerprint density at radius 3 is 2.65 bits per heavy atom. The van der Waals surface area contributed by atoms with Crippen LogP contribution in [0.2, 0.25) is 5.02 Å². The molecule has 6 nitrogen and oxygen atoms in total. The third kappa shape index (κ3) is 4.96. The van der Waals surface area contributed by atoms with Crippen molar-refractivity contribution in [2.75, 3.05) is 5.32 Å². The summed E-state index contributed by atoms with van der Waals surface area (Å²) in [5.41, 5.74) is 1.77. The lowest BCUT2D eigenvalue weighted by Gasteiger charge is -2.62. The Kier molecular flexibility index (Phi) is 6.60. The van der Waals surface area contributed by atoms with Crippen molar-refractivity contribution in [2.45, 2.75) is 82.8 Å². The summed E-state index contributed by atoms with van der Waals surface area (Å²) >= 11 is 7.55. The first-order valence-corrected chi connectivity index (χ1v) is 13.6. The van der Waals surface area contributed by atoms with Crippen molar-refractivity contribution < 1.29 is 9.59 Å². The van der Waals surface area contributed by atoms with Crippen LogP contribution in [0.3, 0.4) is 0 Å². The van der Waals surface area contributed by atoms with E-state index in [1.807, 2.05) is 32.0 Å². The summed E-state index contributed by atoms with van der Waals surface area (Å²) in [6.07, 6.45) is 10.4. The average molecular weight is 501 g/mol. The number of amides is 2. The second-order valence-electron chi connectivity index (χ2n) is 10.5. The van der Waals surface area contributed by atoms with Gasteiger partial charge in [0.25, 0.3) is 5.91 Å². The summed E-state index contributed by atoms with van der Waals surface area (Å²) in [7, 11) is 0. The van der Waals surface area contributed by atoms with E-state index in [0.29, 0.717) is 15.8 Å². The molecule has 0 saturated heterocycles. The molecule has 4 aliphatic carbocycles. The SMILES string of the molecule is Cc1ncc(Cl)cc1N[C@H](C)c1ccc(C(=O)N[C@@H](CC2CCCC2)C(=O)NC23CC(C2)C3)s1. The average Bonchev–Trinajstić information content (AvgIpc) is 3.44. The van der Waals surface area contributed by atoms with Crippen LogP contribution >= 0.6 is 22.9 Å². The third-order valence-corrected chi connectivity index (χ3v) is 9.27. The van der Waals surface area contributed by atoms with E-state index in [0.717, 1.165) is 60.7 Å². The topological polar surface area (TPSA) is 83.1 Å². The molecule has 2 heterocycles. The first-order chi connectivity index (χ1) is 16.3. The maximum atomic E-state index is 13.2. The molecule has 4 fully saturated rings. The zero-order valence-electron chi connectivity index (χ0n) is 19.8.